The summed E-state index contributed by atoms with van der Waals surface area (Å²) < 4.78 is 25.3. The summed E-state index contributed by atoms with van der Waals surface area (Å²) in [5, 5.41) is 16.6. The van der Waals surface area contributed by atoms with E-state index in [1.165, 1.54) is 24.3 Å². The van der Waals surface area contributed by atoms with Crippen LogP contribution in [0.25, 0.3) is 0 Å². The highest BCUT2D eigenvalue weighted by molar-refractivity contribution is 7.90. The fourth-order valence-electron chi connectivity index (χ4n) is 1.61. The first kappa shape index (κ1) is 17.1. The number of hydrogen-bond acceptors (Lipinski definition) is 8. The Kier molecular flexibility index (Phi) is 4.59. The highest BCUT2D eigenvalue weighted by atomic mass is 32.2. The topological polar surface area (TPSA) is 174 Å². The molecule has 24 heavy (non-hydrogen) atoms. The molecule has 0 fully saturated rings. The van der Waals surface area contributed by atoms with Crippen molar-refractivity contribution in [2.75, 3.05) is 0 Å². The number of aromatic hydroxyl groups is 1. The van der Waals surface area contributed by atoms with E-state index in [9.17, 15) is 27.9 Å². The number of nitrogens with zero attached hydrogens (tertiary/aromatic N) is 2. The molecule has 2 rings (SSSR count). The molecule has 2 aromatic rings. The molecule has 0 spiro atoms. The molecule has 1 aromatic carbocycles. The van der Waals surface area contributed by atoms with Crippen LogP contribution in [0.3, 0.4) is 0 Å². The molecule has 0 saturated carbocycles. The van der Waals surface area contributed by atoms with Crippen LogP contribution in [-0.2, 0) is 14.8 Å². The van der Waals surface area contributed by atoms with Crippen LogP contribution in [-0.4, -0.2) is 29.4 Å². The van der Waals surface area contributed by atoms with Gasteiger partial charge >= 0.3 is 5.69 Å². The summed E-state index contributed by atoms with van der Waals surface area (Å²) in [4.78, 5) is 36.9. The molecular weight excluding hydrogens is 342 g/mol. The maximum absolute atomic E-state index is 11.8. The fourth-order valence-corrected chi connectivity index (χ4v) is 2.60. The van der Waals surface area contributed by atoms with E-state index in [-0.39, 0.29) is 10.6 Å². The SMILES string of the molecule is CC(=O)NS(=O)(=O)c1ccc(N=Nc2c(O)[nH]c(=O)[nH]c2=O)cc1. The number of sulfonamides is 1. The van der Waals surface area contributed by atoms with Crippen molar-refractivity contribution in [1.82, 2.24) is 14.7 Å². The van der Waals surface area contributed by atoms with Crippen molar-refractivity contribution < 1.29 is 18.3 Å². The second kappa shape index (κ2) is 6.45. The Morgan fingerprint density at radius 2 is 1.75 bits per heavy atom. The van der Waals surface area contributed by atoms with Gasteiger partial charge in [-0.1, -0.05) is 0 Å². The second-order valence-corrected chi connectivity index (χ2v) is 6.14. The van der Waals surface area contributed by atoms with Crippen molar-refractivity contribution in [3.63, 3.8) is 0 Å². The standard InChI is InChI=1S/C12H11N5O6S/c1-6(18)17-24(22,23)8-4-2-7(3-5-8)15-16-9-10(19)13-12(21)14-11(9)20/h2-5H,1H3,(H,17,18)(H3,13,14,19,20,21). The van der Waals surface area contributed by atoms with Crippen LogP contribution in [0.1, 0.15) is 6.92 Å². The summed E-state index contributed by atoms with van der Waals surface area (Å²) in [6.07, 6.45) is 0. The highest BCUT2D eigenvalue weighted by Crippen LogP contribution is 2.21. The van der Waals surface area contributed by atoms with Gasteiger partial charge < -0.3 is 5.11 Å². The lowest BCUT2D eigenvalue weighted by Gasteiger charge is -2.04. The Hall–Kier alpha value is -3.28. The zero-order valence-electron chi connectivity index (χ0n) is 12.1. The average Bonchev–Trinajstić information content (AvgIpc) is 2.45. The average molecular weight is 353 g/mol. The molecule has 12 heteroatoms. The molecule has 1 aromatic heterocycles. The van der Waals surface area contributed by atoms with Crippen molar-refractivity contribution in [1.29, 1.82) is 0 Å². The molecule has 0 saturated heterocycles. The largest absolute Gasteiger partial charge is 0.493 e. The van der Waals surface area contributed by atoms with Crippen molar-refractivity contribution >= 4 is 27.3 Å². The number of amides is 1. The van der Waals surface area contributed by atoms with Crippen LogP contribution < -0.4 is 16.0 Å². The molecule has 0 radical (unpaired) electrons. The number of carbonyl (C=O) groups excluding carboxylic acids is 1. The monoisotopic (exact) mass is 353 g/mol. The molecule has 1 amide bonds. The van der Waals surface area contributed by atoms with Crippen LogP contribution in [0.2, 0.25) is 0 Å². The van der Waals surface area contributed by atoms with E-state index in [1.54, 1.807) is 4.72 Å². The smallest absolute Gasteiger partial charge is 0.328 e. The third kappa shape index (κ3) is 3.92. The minimum Gasteiger partial charge on any atom is -0.493 e. The van der Waals surface area contributed by atoms with Gasteiger partial charge in [-0.15, -0.1) is 5.11 Å². The number of hydrogen-bond donors (Lipinski definition) is 4. The van der Waals surface area contributed by atoms with Crippen LogP contribution in [0.4, 0.5) is 11.4 Å². The molecule has 0 aliphatic heterocycles. The van der Waals surface area contributed by atoms with Gasteiger partial charge in [0, 0.05) is 6.92 Å². The summed E-state index contributed by atoms with van der Waals surface area (Å²) in [7, 11) is -3.97. The number of aromatic amines is 2. The van der Waals surface area contributed by atoms with Gasteiger partial charge in [-0.05, 0) is 24.3 Å². The molecule has 0 unspecified atom stereocenters. The van der Waals surface area contributed by atoms with Gasteiger partial charge in [0.05, 0.1) is 10.6 Å². The van der Waals surface area contributed by atoms with Gasteiger partial charge in [0.1, 0.15) is 0 Å². The molecule has 11 nitrogen and oxygen atoms in total. The molecule has 0 atom stereocenters. The van der Waals surface area contributed by atoms with E-state index in [4.69, 9.17) is 0 Å². The first-order chi connectivity index (χ1) is 11.2. The molecule has 126 valence electrons. The molecule has 0 aliphatic carbocycles. The molecule has 1 heterocycles. The van der Waals surface area contributed by atoms with Gasteiger partial charge in [-0.25, -0.2) is 17.9 Å². The van der Waals surface area contributed by atoms with Crippen molar-refractivity contribution in [2.45, 2.75) is 11.8 Å². The van der Waals surface area contributed by atoms with Gasteiger partial charge in [0.2, 0.25) is 17.5 Å². The number of aromatic nitrogens is 2. The summed E-state index contributed by atoms with van der Waals surface area (Å²) in [5.74, 6) is -1.48. The van der Waals surface area contributed by atoms with E-state index in [1.807, 2.05) is 9.97 Å². The van der Waals surface area contributed by atoms with E-state index in [0.29, 0.717) is 0 Å². The van der Waals surface area contributed by atoms with E-state index < -0.39 is 38.7 Å². The predicted molar refractivity (Wildman–Crippen MR) is 81.0 cm³/mol. The van der Waals surface area contributed by atoms with Crippen LogP contribution in [0.5, 0.6) is 5.88 Å². The number of nitrogens with one attached hydrogen (secondary N) is 3. The predicted octanol–water partition coefficient (Wildman–Crippen LogP) is 0.00900. The second-order valence-electron chi connectivity index (χ2n) is 4.46. The van der Waals surface area contributed by atoms with Gasteiger partial charge in [-0.2, -0.15) is 5.11 Å². The molecule has 0 bridgehead atoms. The normalized spacial score (nSPS) is 11.5. The minimum atomic E-state index is -3.97. The summed E-state index contributed by atoms with van der Waals surface area (Å²) in [5.41, 5.74) is -2.18. The van der Waals surface area contributed by atoms with Crippen molar-refractivity contribution in [2.24, 2.45) is 10.2 Å². The van der Waals surface area contributed by atoms with Gasteiger partial charge in [0.25, 0.3) is 15.6 Å². The fraction of sp³-hybridized carbons (Fsp3) is 0.0833. The summed E-state index contributed by atoms with van der Waals surface area (Å²) >= 11 is 0. The zero-order valence-corrected chi connectivity index (χ0v) is 12.9. The van der Waals surface area contributed by atoms with Crippen LogP contribution in [0, 0.1) is 0 Å². The Morgan fingerprint density at radius 3 is 2.29 bits per heavy atom. The Labute approximate surface area is 134 Å². The van der Waals surface area contributed by atoms with E-state index >= 15 is 0 Å². The number of rotatable bonds is 4. The number of carbonyl (C=O) groups is 1. The first-order valence-electron chi connectivity index (χ1n) is 6.30. The number of benzene rings is 1. The van der Waals surface area contributed by atoms with E-state index in [0.717, 1.165) is 6.92 Å². The molecule has 4 N–H and O–H groups in total. The minimum absolute atomic E-state index is 0.165. The van der Waals surface area contributed by atoms with Crippen LogP contribution in [0.15, 0.2) is 49.0 Å². The zero-order chi connectivity index (χ0) is 17.9. The number of azo groups is 1. The van der Waals surface area contributed by atoms with Gasteiger partial charge in [0.15, 0.2) is 0 Å². The maximum atomic E-state index is 11.8. The lowest BCUT2D eigenvalue weighted by atomic mass is 10.3. The quantitative estimate of drug-likeness (QED) is 0.563. The van der Waals surface area contributed by atoms with Crippen molar-refractivity contribution in [3.8, 4) is 5.88 Å². The van der Waals surface area contributed by atoms with E-state index in [2.05, 4.69) is 10.2 Å². The van der Waals surface area contributed by atoms with Gasteiger partial charge in [-0.3, -0.25) is 19.6 Å². The lowest BCUT2D eigenvalue weighted by Crippen LogP contribution is -2.28. The maximum Gasteiger partial charge on any atom is 0.328 e. The Morgan fingerprint density at radius 1 is 1.12 bits per heavy atom. The lowest BCUT2D eigenvalue weighted by molar-refractivity contribution is -0.117. The number of H-pyrrole nitrogens is 2. The summed E-state index contributed by atoms with van der Waals surface area (Å²) in [6.45, 7) is 1.06. The molecular formula is C12H11N5O6S. The Bertz CT molecular complexity index is 1020. The summed E-state index contributed by atoms with van der Waals surface area (Å²) in [6, 6.07) is 4.90. The van der Waals surface area contributed by atoms with Crippen LogP contribution >= 0.6 is 0 Å². The molecule has 0 aliphatic rings. The van der Waals surface area contributed by atoms with Crippen molar-refractivity contribution in [3.05, 3.63) is 45.1 Å². The Balaban J connectivity index is 2.29. The highest BCUT2D eigenvalue weighted by Gasteiger charge is 2.15. The third-order valence-corrected chi connectivity index (χ3v) is 4.04. The third-order valence-electron chi connectivity index (χ3n) is 2.59. The first-order valence-corrected chi connectivity index (χ1v) is 7.78.